The molecule has 0 N–H and O–H groups in total. The monoisotopic (exact) mass is 358 g/mol. The molecule has 0 unspecified atom stereocenters. The lowest BCUT2D eigenvalue weighted by atomic mass is 9.70. The van der Waals surface area contributed by atoms with Gasteiger partial charge in [0, 0.05) is 73.2 Å². The van der Waals surface area contributed by atoms with E-state index in [2.05, 4.69) is 43.9 Å². The molecule has 0 radical (unpaired) electrons. The number of rotatable bonds is 4. The Morgan fingerprint density at radius 3 is 2.62 bits per heavy atom. The third-order valence-electron chi connectivity index (χ3n) is 6.18. The Morgan fingerprint density at radius 2 is 2.00 bits per heavy atom. The molecule has 2 aliphatic rings. The van der Waals surface area contributed by atoms with Gasteiger partial charge < -0.3 is 14.2 Å². The molecule has 142 valence electrons. The zero-order chi connectivity index (χ0) is 18.3. The topological polar surface area (TPSA) is 51.4 Å². The van der Waals surface area contributed by atoms with Crippen LogP contribution in [0, 0.1) is 5.41 Å². The largest absolute Gasteiger partial charge is 0.381 e. The molecule has 7 heteroatoms. The van der Waals surface area contributed by atoms with Gasteiger partial charge in [0.1, 0.15) is 0 Å². The summed E-state index contributed by atoms with van der Waals surface area (Å²) in [5.41, 5.74) is 2.95. The maximum atomic E-state index is 5.69. The number of anilines is 1. The molecule has 26 heavy (non-hydrogen) atoms. The summed E-state index contributed by atoms with van der Waals surface area (Å²) in [6.07, 6.45) is 8.54. The zero-order valence-corrected chi connectivity index (χ0v) is 16.4. The lowest BCUT2D eigenvalue weighted by Crippen LogP contribution is -2.36. The fourth-order valence-electron chi connectivity index (χ4n) is 4.78. The van der Waals surface area contributed by atoms with Crippen molar-refractivity contribution in [2.75, 3.05) is 45.3 Å². The second kappa shape index (κ2) is 6.70. The van der Waals surface area contributed by atoms with Gasteiger partial charge in [-0.15, -0.1) is 0 Å². The molecule has 4 rings (SSSR count). The van der Waals surface area contributed by atoms with E-state index in [9.17, 15) is 0 Å². The summed E-state index contributed by atoms with van der Waals surface area (Å²) in [6, 6.07) is 0. The molecule has 0 aromatic carbocycles. The van der Waals surface area contributed by atoms with Crippen molar-refractivity contribution in [1.82, 2.24) is 24.2 Å². The van der Waals surface area contributed by atoms with Gasteiger partial charge in [0.25, 0.3) is 0 Å². The van der Waals surface area contributed by atoms with Crippen LogP contribution in [0.1, 0.15) is 30.0 Å². The number of imidazole rings is 1. The number of hydrogen-bond acceptors (Lipinski definition) is 5. The second-order valence-corrected chi connectivity index (χ2v) is 8.15. The summed E-state index contributed by atoms with van der Waals surface area (Å²) in [5.74, 6) is 1.53. The van der Waals surface area contributed by atoms with Crippen LogP contribution in [0.2, 0.25) is 0 Å². The zero-order valence-electron chi connectivity index (χ0n) is 16.4. The average molecular weight is 358 g/mol. The van der Waals surface area contributed by atoms with Crippen LogP contribution in [-0.4, -0.2) is 64.6 Å². The third-order valence-corrected chi connectivity index (χ3v) is 6.18. The molecule has 0 amide bonds. The van der Waals surface area contributed by atoms with Crippen LogP contribution in [0.4, 0.5) is 5.95 Å². The van der Waals surface area contributed by atoms with Crippen LogP contribution in [0.3, 0.4) is 0 Å². The molecule has 4 heterocycles. The highest BCUT2D eigenvalue weighted by Crippen LogP contribution is 2.49. The third kappa shape index (κ3) is 3.03. The predicted octanol–water partition coefficient (Wildman–Crippen LogP) is 1.62. The second-order valence-electron chi connectivity index (χ2n) is 8.15. The maximum absolute atomic E-state index is 5.69. The predicted molar refractivity (Wildman–Crippen MR) is 101 cm³/mol. The maximum Gasteiger partial charge on any atom is 0.204 e. The van der Waals surface area contributed by atoms with Gasteiger partial charge >= 0.3 is 0 Å². The first-order valence-corrected chi connectivity index (χ1v) is 9.45. The van der Waals surface area contributed by atoms with Gasteiger partial charge in [-0.05, 0) is 23.8 Å². The van der Waals surface area contributed by atoms with E-state index in [4.69, 9.17) is 4.74 Å². The number of aromatic nitrogens is 4. The van der Waals surface area contributed by atoms with Crippen LogP contribution >= 0.6 is 0 Å². The van der Waals surface area contributed by atoms with Crippen molar-refractivity contribution in [2.24, 2.45) is 19.5 Å². The van der Waals surface area contributed by atoms with Crippen LogP contribution in [0.5, 0.6) is 0 Å². The number of likely N-dealkylation sites (tertiary alicyclic amines) is 1. The number of aryl methyl sites for hydroxylation is 1. The van der Waals surface area contributed by atoms with Gasteiger partial charge in [-0.3, -0.25) is 9.58 Å². The fraction of sp³-hybridized carbons (Fsp3) is 0.684. The Kier molecular flexibility index (Phi) is 4.52. The number of ether oxygens (including phenoxy) is 1. The van der Waals surface area contributed by atoms with Gasteiger partial charge in [-0.1, -0.05) is 0 Å². The summed E-state index contributed by atoms with van der Waals surface area (Å²) in [4.78, 5) is 9.23. The van der Waals surface area contributed by atoms with Crippen molar-refractivity contribution in [2.45, 2.75) is 25.3 Å². The van der Waals surface area contributed by atoms with E-state index in [1.165, 1.54) is 11.3 Å². The van der Waals surface area contributed by atoms with E-state index in [0.717, 1.165) is 51.6 Å². The minimum Gasteiger partial charge on any atom is -0.381 e. The van der Waals surface area contributed by atoms with E-state index >= 15 is 0 Å². The molecule has 7 nitrogen and oxygen atoms in total. The van der Waals surface area contributed by atoms with Crippen molar-refractivity contribution in [3.63, 3.8) is 0 Å². The molecule has 2 saturated heterocycles. The lowest BCUT2D eigenvalue weighted by Gasteiger charge is -2.38. The highest BCUT2D eigenvalue weighted by atomic mass is 16.5. The molecular weight excluding hydrogens is 328 g/mol. The Hall–Kier alpha value is -1.86. The van der Waals surface area contributed by atoms with Crippen LogP contribution < -0.4 is 4.90 Å². The Bertz CT molecular complexity index is 758. The van der Waals surface area contributed by atoms with Crippen LogP contribution in [-0.2, 0) is 25.4 Å². The molecule has 1 atom stereocenters. The van der Waals surface area contributed by atoms with Crippen molar-refractivity contribution in [3.8, 4) is 0 Å². The first-order valence-electron chi connectivity index (χ1n) is 9.45. The summed E-state index contributed by atoms with van der Waals surface area (Å²) in [5, 5.41) is 4.43. The molecule has 0 bridgehead atoms. The van der Waals surface area contributed by atoms with Crippen molar-refractivity contribution in [3.05, 3.63) is 29.8 Å². The van der Waals surface area contributed by atoms with Gasteiger partial charge in [0.2, 0.25) is 5.95 Å². The lowest BCUT2D eigenvalue weighted by molar-refractivity contribution is 0.0118. The van der Waals surface area contributed by atoms with E-state index < -0.39 is 0 Å². The van der Waals surface area contributed by atoms with Crippen LogP contribution in [0.25, 0.3) is 0 Å². The highest BCUT2D eigenvalue weighted by Gasteiger charge is 2.48. The highest BCUT2D eigenvalue weighted by molar-refractivity contribution is 5.31. The summed E-state index contributed by atoms with van der Waals surface area (Å²) in [7, 11) is 8.19. The SMILES string of the molecule is CN(C)c1ncc(CN2C[C@H](c3cnn(C)c3)C3(CCOCC3)C2)n1C. The smallest absolute Gasteiger partial charge is 0.204 e. The normalized spacial score (nSPS) is 23.0. The molecule has 0 saturated carbocycles. The quantitative estimate of drug-likeness (QED) is 0.831. The minimum atomic E-state index is 0.310. The summed E-state index contributed by atoms with van der Waals surface area (Å²) in [6.45, 7) is 4.89. The van der Waals surface area contributed by atoms with Gasteiger partial charge in [-0.25, -0.2) is 4.98 Å². The Balaban J connectivity index is 1.57. The standard InChI is InChI=1S/C19H30N6O/c1-22(2)18-20-10-16(24(18)4)12-25-13-17(15-9-21-23(3)11-15)19(14-25)5-7-26-8-6-19/h9-11,17H,5-8,12-14H2,1-4H3/t17-/m1/s1. The molecule has 2 fully saturated rings. The first kappa shape index (κ1) is 17.5. The first-order chi connectivity index (χ1) is 12.5. The Labute approximate surface area is 155 Å². The average Bonchev–Trinajstić information content (AvgIpc) is 3.28. The Morgan fingerprint density at radius 1 is 1.23 bits per heavy atom. The molecule has 0 aliphatic carbocycles. The van der Waals surface area contributed by atoms with Crippen molar-refractivity contribution >= 4 is 5.95 Å². The summed E-state index contributed by atoms with van der Waals surface area (Å²) < 4.78 is 9.82. The van der Waals surface area contributed by atoms with Crippen molar-refractivity contribution < 1.29 is 4.74 Å². The van der Waals surface area contributed by atoms with Crippen molar-refractivity contribution in [1.29, 1.82) is 0 Å². The van der Waals surface area contributed by atoms with E-state index in [1.807, 2.05) is 32.0 Å². The number of hydrogen-bond donors (Lipinski definition) is 0. The molecule has 1 spiro atoms. The van der Waals surface area contributed by atoms with E-state index in [0.29, 0.717) is 11.3 Å². The molecular formula is C19H30N6O. The van der Waals surface area contributed by atoms with Gasteiger partial charge in [0.15, 0.2) is 0 Å². The number of nitrogens with zero attached hydrogens (tertiary/aromatic N) is 6. The molecule has 2 aromatic heterocycles. The minimum absolute atomic E-state index is 0.310. The van der Waals surface area contributed by atoms with E-state index in [1.54, 1.807) is 0 Å². The molecule has 2 aliphatic heterocycles. The van der Waals surface area contributed by atoms with Gasteiger partial charge in [0.05, 0.1) is 18.1 Å². The van der Waals surface area contributed by atoms with Crippen LogP contribution in [0.15, 0.2) is 18.6 Å². The van der Waals surface area contributed by atoms with Gasteiger partial charge in [-0.2, -0.15) is 5.10 Å². The molecule has 2 aromatic rings. The van der Waals surface area contributed by atoms with E-state index in [-0.39, 0.29) is 0 Å². The fourth-order valence-corrected chi connectivity index (χ4v) is 4.78. The summed E-state index contributed by atoms with van der Waals surface area (Å²) >= 11 is 0.